The highest BCUT2D eigenvalue weighted by Gasteiger charge is 2.33. The molecule has 0 radical (unpaired) electrons. The molecule has 0 spiro atoms. The number of hydrogen-bond donors (Lipinski definition) is 1. The molecule has 0 bridgehead atoms. The zero-order valence-electron chi connectivity index (χ0n) is 11.6. The van der Waals surface area contributed by atoms with E-state index in [1.54, 1.807) is 17.4 Å². The van der Waals surface area contributed by atoms with Crippen molar-refractivity contribution in [1.82, 2.24) is 0 Å². The van der Waals surface area contributed by atoms with Crippen molar-refractivity contribution < 1.29 is 13.9 Å². The Balaban J connectivity index is 1.91. The molecule has 3 rings (SSSR count). The maximum absolute atomic E-state index is 13.4. The van der Waals surface area contributed by atoms with Gasteiger partial charge in [-0.15, -0.1) is 11.3 Å². The summed E-state index contributed by atoms with van der Waals surface area (Å²) >= 11 is 1.69. The molecule has 1 aliphatic carbocycles. The Bertz CT molecular complexity index is 638. The number of halogens is 1. The van der Waals surface area contributed by atoms with Crippen molar-refractivity contribution in [3.63, 3.8) is 0 Å². The normalized spacial score (nSPS) is 15.5. The topological polar surface area (TPSA) is 38.3 Å². The summed E-state index contributed by atoms with van der Waals surface area (Å²) < 4.78 is 18.1. The minimum absolute atomic E-state index is 0.166. The quantitative estimate of drug-likeness (QED) is 0.840. The van der Waals surface area contributed by atoms with Crippen molar-refractivity contribution in [3.8, 4) is 0 Å². The summed E-state index contributed by atoms with van der Waals surface area (Å²) in [6.07, 6.45) is 2.34. The molecule has 110 valence electrons. The van der Waals surface area contributed by atoms with E-state index < -0.39 is 11.8 Å². The number of hydrogen-bond acceptors (Lipinski definition) is 4. The Morgan fingerprint density at radius 2 is 2.24 bits per heavy atom. The minimum atomic E-state index is -0.530. The van der Waals surface area contributed by atoms with Gasteiger partial charge in [0.1, 0.15) is 5.82 Å². The molecule has 1 N–H and O–H groups in total. The molecule has 1 atom stereocenters. The molecule has 2 aromatic rings. The van der Waals surface area contributed by atoms with Crippen molar-refractivity contribution in [2.45, 2.75) is 18.9 Å². The summed E-state index contributed by atoms with van der Waals surface area (Å²) in [5.74, 6) is -0.406. The number of anilines is 1. The van der Waals surface area contributed by atoms with E-state index in [0.29, 0.717) is 11.6 Å². The lowest BCUT2D eigenvalue weighted by Gasteiger charge is -2.20. The van der Waals surface area contributed by atoms with Crippen LogP contribution in [0.25, 0.3) is 0 Å². The average Bonchev–Trinajstić information content (AvgIpc) is 3.19. The predicted octanol–water partition coefficient (Wildman–Crippen LogP) is 4.24. The van der Waals surface area contributed by atoms with Crippen molar-refractivity contribution in [2.24, 2.45) is 5.92 Å². The van der Waals surface area contributed by atoms with Gasteiger partial charge < -0.3 is 10.1 Å². The number of esters is 1. The maximum Gasteiger partial charge on any atom is 0.340 e. The molecule has 1 unspecified atom stereocenters. The Kier molecular flexibility index (Phi) is 3.92. The fourth-order valence-electron chi connectivity index (χ4n) is 2.41. The third-order valence-electron chi connectivity index (χ3n) is 3.64. The predicted molar refractivity (Wildman–Crippen MR) is 81.1 cm³/mol. The molecule has 1 heterocycles. The van der Waals surface area contributed by atoms with Crippen LogP contribution in [0.15, 0.2) is 35.7 Å². The van der Waals surface area contributed by atoms with Gasteiger partial charge in [0.15, 0.2) is 0 Å². The summed E-state index contributed by atoms with van der Waals surface area (Å²) in [5, 5.41) is 5.44. The Labute approximate surface area is 126 Å². The molecule has 0 aliphatic heterocycles. The van der Waals surface area contributed by atoms with E-state index in [1.807, 2.05) is 11.4 Å². The lowest BCUT2D eigenvalue weighted by Crippen LogP contribution is -2.15. The third-order valence-corrected chi connectivity index (χ3v) is 4.60. The first kappa shape index (κ1) is 14.1. The minimum Gasteiger partial charge on any atom is -0.465 e. The molecule has 1 aromatic carbocycles. The fourth-order valence-corrected chi connectivity index (χ4v) is 3.28. The van der Waals surface area contributed by atoms with Crippen molar-refractivity contribution in [3.05, 3.63) is 52.0 Å². The molecule has 5 heteroatoms. The van der Waals surface area contributed by atoms with Crippen LogP contribution in [0, 0.1) is 11.7 Å². The number of ether oxygens (including phenoxy) is 1. The molecular weight excluding hydrogens is 289 g/mol. The second-order valence-corrected chi connectivity index (χ2v) is 6.14. The van der Waals surface area contributed by atoms with Crippen LogP contribution in [-0.2, 0) is 4.74 Å². The fraction of sp³-hybridized carbons (Fsp3) is 0.312. The summed E-state index contributed by atoms with van der Waals surface area (Å²) in [6, 6.07) is 8.44. The van der Waals surface area contributed by atoms with Crippen LogP contribution < -0.4 is 5.32 Å². The molecule has 3 nitrogen and oxygen atoms in total. The number of thiophene rings is 1. The second kappa shape index (κ2) is 5.85. The van der Waals surface area contributed by atoms with Crippen molar-refractivity contribution >= 4 is 23.0 Å². The van der Waals surface area contributed by atoms with Crippen LogP contribution in [-0.4, -0.2) is 13.1 Å². The zero-order chi connectivity index (χ0) is 14.8. The second-order valence-electron chi connectivity index (χ2n) is 5.16. The first-order valence-corrected chi connectivity index (χ1v) is 7.75. The number of methoxy groups -OCH3 is 1. The molecule has 21 heavy (non-hydrogen) atoms. The van der Waals surface area contributed by atoms with E-state index in [-0.39, 0.29) is 11.6 Å². The van der Waals surface area contributed by atoms with Gasteiger partial charge in [0, 0.05) is 10.6 Å². The van der Waals surface area contributed by atoms with Crippen LogP contribution in [0.5, 0.6) is 0 Å². The standard InChI is InChI=1S/C16H16FNO2S/c1-20-16(19)12-9-11(17)6-7-13(12)18-15(10-4-5-10)14-3-2-8-21-14/h2-3,6-10,15,18H,4-5H2,1H3. The number of carbonyl (C=O) groups excluding carboxylic acids is 1. The van der Waals surface area contributed by atoms with Crippen LogP contribution in [0.4, 0.5) is 10.1 Å². The highest BCUT2D eigenvalue weighted by atomic mass is 32.1. The van der Waals surface area contributed by atoms with Crippen LogP contribution in [0.3, 0.4) is 0 Å². The zero-order valence-corrected chi connectivity index (χ0v) is 12.5. The van der Waals surface area contributed by atoms with E-state index in [4.69, 9.17) is 4.74 Å². The van der Waals surface area contributed by atoms with E-state index >= 15 is 0 Å². The lowest BCUT2D eigenvalue weighted by atomic mass is 10.1. The van der Waals surface area contributed by atoms with Gasteiger partial charge in [-0.05, 0) is 48.4 Å². The van der Waals surface area contributed by atoms with Gasteiger partial charge in [-0.2, -0.15) is 0 Å². The lowest BCUT2D eigenvalue weighted by molar-refractivity contribution is 0.0601. The van der Waals surface area contributed by atoms with Crippen LogP contribution in [0.2, 0.25) is 0 Å². The summed E-state index contributed by atoms with van der Waals surface area (Å²) in [6.45, 7) is 0. The molecule has 1 saturated carbocycles. The molecular formula is C16H16FNO2S. The largest absolute Gasteiger partial charge is 0.465 e. The average molecular weight is 305 g/mol. The number of benzene rings is 1. The monoisotopic (exact) mass is 305 g/mol. The summed E-state index contributed by atoms with van der Waals surface area (Å²) in [5.41, 5.74) is 0.855. The van der Waals surface area contributed by atoms with Gasteiger partial charge in [0.25, 0.3) is 0 Å². The SMILES string of the molecule is COC(=O)c1cc(F)ccc1NC(c1cccs1)C1CC1. The number of carbonyl (C=O) groups is 1. The Morgan fingerprint density at radius 1 is 1.43 bits per heavy atom. The highest BCUT2D eigenvalue weighted by Crippen LogP contribution is 2.44. The number of rotatable bonds is 5. The number of nitrogens with one attached hydrogen (secondary N) is 1. The Morgan fingerprint density at radius 3 is 2.86 bits per heavy atom. The Hall–Kier alpha value is -1.88. The molecule has 0 amide bonds. The molecule has 1 aromatic heterocycles. The molecule has 1 aliphatic rings. The van der Waals surface area contributed by atoms with Gasteiger partial charge in [-0.3, -0.25) is 0 Å². The first-order valence-electron chi connectivity index (χ1n) is 6.87. The van der Waals surface area contributed by atoms with Gasteiger partial charge in [-0.25, -0.2) is 9.18 Å². The van der Waals surface area contributed by atoms with E-state index in [2.05, 4.69) is 11.4 Å². The van der Waals surface area contributed by atoms with Crippen LogP contribution in [0.1, 0.15) is 34.1 Å². The van der Waals surface area contributed by atoms with Gasteiger partial charge in [-0.1, -0.05) is 6.07 Å². The van der Waals surface area contributed by atoms with Gasteiger partial charge >= 0.3 is 5.97 Å². The van der Waals surface area contributed by atoms with E-state index in [9.17, 15) is 9.18 Å². The summed E-state index contributed by atoms with van der Waals surface area (Å²) in [7, 11) is 1.30. The third kappa shape index (κ3) is 3.08. The maximum atomic E-state index is 13.4. The van der Waals surface area contributed by atoms with Crippen molar-refractivity contribution in [1.29, 1.82) is 0 Å². The molecule has 1 fully saturated rings. The van der Waals surface area contributed by atoms with Crippen LogP contribution >= 0.6 is 11.3 Å². The van der Waals surface area contributed by atoms with Crippen molar-refractivity contribution in [2.75, 3.05) is 12.4 Å². The highest BCUT2D eigenvalue weighted by molar-refractivity contribution is 7.10. The smallest absolute Gasteiger partial charge is 0.340 e. The van der Waals surface area contributed by atoms with E-state index in [0.717, 1.165) is 0 Å². The van der Waals surface area contributed by atoms with E-state index in [1.165, 1.54) is 37.0 Å². The van der Waals surface area contributed by atoms with Gasteiger partial charge in [0.2, 0.25) is 0 Å². The molecule has 0 saturated heterocycles. The summed E-state index contributed by atoms with van der Waals surface area (Å²) in [4.78, 5) is 13.0. The van der Waals surface area contributed by atoms with Gasteiger partial charge in [0.05, 0.1) is 18.7 Å². The first-order chi connectivity index (χ1) is 10.2.